The number of nitrogens with two attached hydrogens (primary N) is 8. The minimum Gasteiger partial charge on any atom is -0.481 e. The highest BCUT2D eigenvalue weighted by Gasteiger charge is 2.41. The number of unbranched alkanes of at least 4 members (excludes halogenated alkanes) is 3. The maximum absolute atomic E-state index is 14.6. The highest BCUT2D eigenvalue weighted by Crippen LogP contribution is 2.20. The second-order valence-electron chi connectivity index (χ2n) is 27.1. The summed E-state index contributed by atoms with van der Waals surface area (Å²) in [6, 6.07) is -18.7. The van der Waals surface area contributed by atoms with Gasteiger partial charge in [-0.1, -0.05) is 27.7 Å². The number of aromatic amines is 1. The molecule has 1 aromatic rings. The number of aliphatic carboxylic acids is 2. The van der Waals surface area contributed by atoms with Gasteiger partial charge in [0.05, 0.1) is 18.8 Å². The first-order chi connectivity index (χ1) is 50.4. The number of nitrogens with one attached hydrogen (secondary N) is 12. The van der Waals surface area contributed by atoms with E-state index >= 15 is 0 Å². The van der Waals surface area contributed by atoms with Gasteiger partial charge in [-0.25, -0.2) is 9.78 Å². The van der Waals surface area contributed by atoms with Crippen LogP contribution >= 0.6 is 0 Å². The van der Waals surface area contributed by atoms with Crippen molar-refractivity contribution >= 4 is 101 Å². The predicted molar refractivity (Wildman–Crippen MR) is 387 cm³/mol. The van der Waals surface area contributed by atoms with E-state index in [1.54, 1.807) is 13.8 Å². The number of carbonyl (C=O) groups is 16. The Kier molecular flexibility index (Phi) is 42.4. The van der Waals surface area contributed by atoms with E-state index < -0.39 is 211 Å². The third-order valence-electron chi connectivity index (χ3n) is 17.2. The number of likely N-dealkylation sites (tertiary alicyclic amines) is 1. The second-order valence-corrected chi connectivity index (χ2v) is 27.1. The first-order valence-electron chi connectivity index (χ1n) is 36.0. The number of aromatic nitrogens is 2. The zero-order valence-electron chi connectivity index (χ0n) is 61.9. The van der Waals surface area contributed by atoms with Crippen molar-refractivity contribution in [3.8, 4) is 0 Å². The fraction of sp³-hybridized carbons (Fsp3) is 0.697. The first kappa shape index (κ1) is 92.9. The molecule has 0 unspecified atom stereocenters. The molecule has 0 radical (unpaired) electrons. The van der Waals surface area contributed by atoms with Gasteiger partial charge in [0.25, 0.3) is 0 Å². The maximum Gasteiger partial charge on any atom is 0.326 e. The van der Waals surface area contributed by atoms with Crippen LogP contribution < -0.4 is 104 Å². The van der Waals surface area contributed by atoms with Gasteiger partial charge in [0.2, 0.25) is 82.7 Å². The standard InChI is InChI=1S/C66H115N23O18/c1-34(2)29-46(86-56(97)42(18-13-27-76-66(73)74)82-58(99)44(21-23-51(92)93)80-53(94)36(5)78-54(95)39(70)30-38-32-75-33-77-38)61(102)83-41(16-8-11-25-68)59(100)88-52(35(3)4)63(104)84-43(20-22-49(71)90)57(98)81-40(15-7-10-24-67)55(96)87-47(31-50(72)91)60(101)79-37(6)64(105)89-28-14-19-48(89)62(103)85-45(65(106)107)17-9-12-26-69/h32-37,39-48,52H,7-31,67-70H2,1-6H3,(H2,71,90)(H2,72,91)(H,75,77)(H,78,95)(H,79,101)(H,80,94)(H,81,98)(H,82,99)(H,83,102)(H,84,104)(H,85,103)(H,86,97)(H,87,96)(H,88,100)(H,92,93)(H,106,107)(H4,73,74,76)/t36-,37-,39-,40-,41-,42-,43-,44-,45-,46-,47-,48-,52-/m0/s1. The summed E-state index contributed by atoms with van der Waals surface area (Å²) in [6.07, 6.45) is 2.11. The van der Waals surface area contributed by atoms with Crippen molar-refractivity contribution in [2.24, 2.45) is 62.7 Å². The number of carboxylic acids is 2. The topological polar surface area (TPSA) is 698 Å². The summed E-state index contributed by atoms with van der Waals surface area (Å²) >= 11 is 0. The lowest BCUT2D eigenvalue weighted by molar-refractivity contribution is -0.145. The highest BCUT2D eigenvalue weighted by molar-refractivity contribution is 6.00. The predicted octanol–water partition coefficient (Wildman–Crippen LogP) is -7.12. The minimum atomic E-state index is -1.77. The van der Waals surface area contributed by atoms with E-state index in [1.807, 2.05) is 0 Å². The van der Waals surface area contributed by atoms with E-state index in [-0.39, 0.29) is 102 Å². The Morgan fingerprint density at radius 1 is 0.514 bits per heavy atom. The van der Waals surface area contributed by atoms with E-state index in [0.717, 1.165) is 0 Å². The number of hydrogen-bond donors (Lipinski definition) is 22. The molecule has 0 aliphatic carbocycles. The highest BCUT2D eigenvalue weighted by atomic mass is 16.4. The normalized spacial score (nSPS) is 16.0. The van der Waals surface area contributed by atoms with Gasteiger partial charge in [-0.3, -0.25) is 76.9 Å². The Hall–Kier alpha value is -10.2. The number of nitrogens with zero attached hydrogens (tertiary/aromatic N) is 3. The number of H-pyrrole nitrogens is 1. The van der Waals surface area contributed by atoms with E-state index in [1.165, 1.54) is 45.1 Å². The molecule has 107 heavy (non-hydrogen) atoms. The number of imidazole rings is 1. The van der Waals surface area contributed by atoms with Gasteiger partial charge in [0.1, 0.15) is 72.5 Å². The van der Waals surface area contributed by atoms with Crippen molar-refractivity contribution in [3.63, 3.8) is 0 Å². The molecule has 602 valence electrons. The molecule has 1 fully saturated rings. The van der Waals surface area contributed by atoms with E-state index in [9.17, 15) is 86.9 Å². The van der Waals surface area contributed by atoms with Crippen LogP contribution in [0.3, 0.4) is 0 Å². The third kappa shape index (κ3) is 35.2. The van der Waals surface area contributed by atoms with Crippen molar-refractivity contribution in [2.75, 3.05) is 32.7 Å². The summed E-state index contributed by atoms with van der Waals surface area (Å²) in [7, 11) is 0. The molecule has 1 saturated heterocycles. The van der Waals surface area contributed by atoms with E-state index in [0.29, 0.717) is 44.3 Å². The molecule has 0 saturated carbocycles. The fourth-order valence-electron chi connectivity index (χ4n) is 11.3. The lowest BCUT2D eigenvalue weighted by atomic mass is 9.99. The summed E-state index contributed by atoms with van der Waals surface area (Å²) in [5, 5.41) is 47.0. The van der Waals surface area contributed by atoms with Gasteiger partial charge in [-0.2, -0.15) is 0 Å². The summed E-state index contributed by atoms with van der Waals surface area (Å²) in [6.45, 7) is 9.73. The van der Waals surface area contributed by atoms with Crippen molar-refractivity contribution in [2.45, 2.75) is 249 Å². The van der Waals surface area contributed by atoms with Crippen LogP contribution in [0.4, 0.5) is 0 Å². The first-order valence-corrected chi connectivity index (χ1v) is 36.0. The van der Waals surface area contributed by atoms with Crippen LogP contribution in [0.15, 0.2) is 17.5 Å². The summed E-state index contributed by atoms with van der Waals surface area (Å²) < 4.78 is 0. The Balaban J connectivity index is 2.46. The number of carbonyl (C=O) groups excluding carboxylic acids is 14. The van der Waals surface area contributed by atoms with Crippen LogP contribution in [-0.2, 0) is 83.1 Å². The van der Waals surface area contributed by atoms with E-state index in [4.69, 9.17) is 45.9 Å². The average molecular weight is 1520 g/mol. The molecule has 30 N–H and O–H groups in total. The number of amides is 14. The van der Waals surface area contributed by atoms with Gasteiger partial charge < -0.3 is 124 Å². The van der Waals surface area contributed by atoms with Crippen molar-refractivity contribution in [1.82, 2.24) is 73.4 Å². The SMILES string of the molecule is CC(C)C[C@H](NC(=O)[C@H](CCCN=C(N)N)NC(=O)[C@H](CCC(=O)O)NC(=O)[C@H](C)NC(=O)[C@@H](N)Cc1cnc[nH]1)C(=O)N[C@@H](CCCCN)C(=O)N[C@H](C(=O)N[C@@H](CCC(N)=O)C(=O)N[C@@H](CCCCN)C(=O)N[C@@H](CC(N)=O)C(=O)N[C@@H](C)C(=O)N1CCC[C@H]1C(=O)N[C@@H](CCCCN)C(=O)O)C(C)C. The maximum atomic E-state index is 14.6. The molecule has 1 aromatic heterocycles. The molecule has 0 aromatic carbocycles. The number of carboxylic acid groups (broad SMARTS) is 2. The zero-order valence-corrected chi connectivity index (χ0v) is 61.9. The molecule has 1 aliphatic rings. The van der Waals surface area contributed by atoms with Crippen LogP contribution in [0.25, 0.3) is 0 Å². The van der Waals surface area contributed by atoms with Crippen LogP contribution in [0, 0.1) is 11.8 Å². The molecular formula is C66H115N23O18. The third-order valence-corrected chi connectivity index (χ3v) is 17.2. The largest absolute Gasteiger partial charge is 0.481 e. The van der Waals surface area contributed by atoms with Crippen molar-refractivity contribution in [3.05, 3.63) is 18.2 Å². The van der Waals surface area contributed by atoms with Crippen LogP contribution in [0.1, 0.15) is 169 Å². The van der Waals surface area contributed by atoms with Gasteiger partial charge in [0.15, 0.2) is 5.96 Å². The molecular weight excluding hydrogens is 1400 g/mol. The van der Waals surface area contributed by atoms with Crippen LogP contribution in [-0.4, -0.2) is 237 Å². The monoisotopic (exact) mass is 1520 g/mol. The number of rotatable bonds is 53. The molecule has 41 heteroatoms. The average Bonchev–Trinajstić information content (AvgIpc) is 1.77. The van der Waals surface area contributed by atoms with Gasteiger partial charge in [0, 0.05) is 44.2 Å². The van der Waals surface area contributed by atoms with Gasteiger partial charge in [-0.15, -0.1) is 0 Å². The summed E-state index contributed by atoms with van der Waals surface area (Å²) in [5.74, 6) is -17.1. The number of primary amides is 2. The molecule has 0 spiro atoms. The Labute approximate surface area is 620 Å². The lowest BCUT2D eigenvalue weighted by Crippen LogP contribution is -2.61. The molecule has 0 bridgehead atoms. The van der Waals surface area contributed by atoms with E-state index in [2.05, 4.69) is 73.4 Å². The molecule has 14 amide bonds. The smallest absolute Gasteiger partial charge is 0.326 e. The Morgan fingerprint density at radius 3 is 1.43 bits per heavy atom. The zero-order chi connectivity index (χ0) is 80.6. The summed E-state index contributed by atoms with van der Waals surface area (Å²) in [4.78, 5) is 229. The molecule has 1 aliphatic heterocycles. The quantitative estimate of drug-likeness (QED) is 0.0164. The van der Waals surface area contributed by atoms with Crippen molar-refractivity contribution in [1.29, 1.82) is 0 Å². The van der Waals surface area contributed by atoms with Crippen LogP contribution in [0.2, 0.25) is 0 Å². The summed E-state index contributed by atoms with van der Waals surface area (Å²) in [5.41, 5.74) is 45.8. The Morgan fingerprint density at radius 2 is 0.963 bits per heavy atom. The van der Waals surface area contributed by atoms with Crippen molar-refractivity contribution < 1.29 is 86.9 Å². The number of aliphatic imine (C=N–C) groups is 1. The number of guanidine groups is 1. The molecule has 2 rings (SSSR count). The molecule has 41 nitrogen and oxygen atoms in total. The lowest BCUT2D eigenvalue weighted by Gasteiger charge is -2.30. The molecule has 13 atom stereocenters. The fourth-order valence-corrected chi connectivity index (χ4v) is 11.3. The minimum absolute atomic E-state index is 0.0317. The van der Waals surface area contributed by atoms with Gasteiger partial charge >= 0.3 is 11.9 Å². The molecule has 2 heterocycles. The van der Waals surface area contributed by atoms with Gasteiger partial charge in [-0.05, 0) is 148 Å². The second kappa shape index (κ2) is 48.9. The Bertz CT molecular complexity index is 3170. The van der Waals surface area contributed by atoms with Crippen LogP contribution in [0.5, 0.6) is 0 Å². The number of hydrogen-bond acceptors (Lipinski definition) is 22.